The van der Waals surface area contributed by atoms with E-state index in [1.165, 1.54) is 6.20 Å². The molecule has 0 aliphatic rings. The molecule has 0 saturated carbocycles. The molecule has 2 heterocycles. The van der Waals surface area contributed by atoms with Crippen molar-refractivity contribution in [3.05, 3.63) is 54.4 Å². The van der Waals surface area contributed by atoms with Crippen LogP contribution in [0.4, 0.5) is 0 Å². The summed E-state index contributed by atoms with van der Waals surface area (Å²) < 4.78 is 24.9. The van der Waals surface area contributed by atoms with Gasteiger partial charge in [0, 0.05) is 23.8 Å². The van der Waals surface area contributed by atoms with Gasteiger partial charge in [-0.3, -0.25) is 0 Å². The zero-order valence-corrected chi connectivity index (χ0v) is 11.0. The summed E-state index contributed by atoms with van der Waals surface area (Å²) >= 11 is 0. The third kappa shape index (κ3) is 2.02. The molecule has 0 saturated heterocycles. The van der Waals surface area contributed by atoms with Gasteiger partial charge in [0.2, 0.25) is 9.84 Å². The molecular formula is C14H11N2O2S. The molecule has 19 heavy (non-hydrogen) atoms. The average Bonchev–Trinajstić information content (AvgIpc) is 2.86. The fourth-order valence-electron chi connectivity index (χ4n) is 1.85. The van der Waals surface area contributed by atoms with Crippen LogP contribution in [0.5, 0.6) is 0 Å². The van der Waals surface area contributed by atoms with Gasteiger partial charge in [0.05, 0.1) is 9.79 Å². The maximum atomic E-state index is 12.4. The zero-order valence-electron chi connectivity index (χ0n) is 10.2. The van der Waals surface area contributed by atoms with Crippen molar-refractivity contribution in [1.82, 2.24) is 9.97 Å². The molecule has 0 bridgehead atoms. The van der Waals surface area contributed by atoms with Crippen LogP contribution in [0.2, 0.25) is 0 Å². The Morgan fingerprint density at radius 2 is 1.89 bits per heavy atom. The molecule has 1 N–H and O–H groups in total. The molecule has 0 unspecified atom stereocenters. The first-order valence-corrected chi connectivity index (χ1v) is 7.22. The molecule has 3 aromatic rings. The SMILES string of the molecule is Cc1ccc(S(=O)(=O)c2cnc3[nH]c[c]c3c2)cc1. The van der Waals surface area contributed by atoms with E-state index in [9.17, 15) is 8.42 Å². The van der Waals surface area contributed by atoms with Gasteiger partial charge in [0.15, 0.2) is 0 Å². The predicted octanol–water partition coefficient (Wildman–Crippen LogP) is 2.50. The molecule has 0 aliphatic carbocycles. The van der Waals surface area contributed by atoms with Crippen LogP contribution in [-0.4, -0.2) is 18.4 Å². The minimum Gasteiger partial charge on any atom is -0.346 e. The van der Waals surface area contributed by atoms with Gasteiger partial charge >= 0.3 is 0 Å². The number of H-pyrrole nitrogens is 1. The van der Waals surface area contributed by atoms with E-state index in [2.05, 4.69) is 16.0 Å². The van der Waals surface area contributed by atoms with Crippen LogP contribution in [0.1, 0.15) is 5.56 Å². The second-order valence-electron chi connectivity index (χ2n) is 4.32. The third-order valence-electron chi connectivity index (χ3n) is 2.94. The van der Waals surface area contributed by atoms with Gasteiger partial charge in [-0.15, -0.1) is 0 Å². The maximum absolute atomic E-state index is 12.4. The van der Waals surface area contributed by atoms with Gasteiger partial charge in [-0.25, -0.2) is 13.4 Å². The highest BCUT2D eigenvalue weighted by Crippen LogP contribution is 2.22. The molecule has 1 radical (unpaired) electrons. The van der Waals surface area contributed by atoms with E-state index in [4.69, 9.17) is 0 Å². The van der Waals surface area contributed by atoms with Crippen LogP contribution in [0.3, 0.4) is 0 Å². The Bertz CT molecular complexity index is 833. The number of nitrogens with one attached hydrogen (secondary N) is 1. The van der Waals surface area contributed by atoms with E-state index in [0.717, 1.165) is 5.56 Å². The zero-order chi connectivity index (χ0) is 13.5. The van der Waals surface area contributed by atoms with Crippen molar-refractivity contribution in [3.8, 4) is 0 Å². The molecule has 95 valence electrons. The highest BCUT2D eigenvalue weighted by molar-refractivity contribution is 7.91. The fraction of sp³-hybridized carbons (Fsp3) is 0.0714. The summed E-state index contributed by atoms with van der Waals surface area (Å²) in [5, 5.41) is 0.660. The molecule has 0 spiro atoms. The second-order valence-corrected chi connectivity index (χ2v) is 6.27. The minimum absolute atomic E-state index is 0.180. The first kappa shape index (κ1) is 11.9. The van der Waals surface area contributed by atoms with Gasteiger partial charge in [-0.1, -0.05) is 17.7 Å². The number of aromatic amines is 1. The van der Waals surface area contributed by atoms with Gasteiger partial charge in [0.25, 0.3) is 0 Å². The van der Waals surface area contributed by atoms with Crippen molar-refractivity contribution in [1.29, 1.82) is 0 Å². The van der Waals surface area contributed by atoms with Crippen LogP contribution >= 0.6 is 0 Å². The lowest BCUT2D eigenvalue weighted by atomic mass is 10.2. The van der Waals surface area contributed by atoms with Crippen LogP contribution in [0.15, 0.2) is 52.5 Å². The Labute approximate surface area is 111 Å². The Morgan fingerprint density at radius 3 is 2.63 bits per heavy atom. The van der Waals surface area contributed by atoms with E-state index in [-0.39, 0.29) is 9.79 Å². The summed E-state index contributed by atoms with van der Waals surface area (Å²) in [6.45, 7) is 1.92. The first-order chi connectivity index (χ1) is 9.07. The average molecular weight is 271 g/mol. The molecule has 0 atom stereocenters. The first-order valence-electron chi connectivity index (χ1n) is 5.74. The number of aromatic nitrogens is 2. The highest BCUT2D eigenvalue weighted by Gasteiger charge is 2.18. The summed E-state index contributed by atoms with van der Waals surface area (Å²) in [6.07, 6.45) is 2.97. The molecule has 3 rings (SSSR count). The Hall–Kier alpha value is -2.14. The minimum atomic E-state index is -3.52. The summed E-state index contributed by atoms with van der Waals surface area (Å²) in [5.41, 5.74) is 1.65. The number of benzene rings is 1. The van der Waals surface area contributed by atoms with Gasteiger partial charge in [-0.05, 0) is 25.1 Å². The van der Waals surface area contributed by atoms with Crippen molar-refractivity contribution in [2.75, 3.05) is 0 Å². The lowest BCUT2D eigenvalue weighted by Gasteiger charge is -2.04. The van der Waals surface area contributed by atoms with E-state index >= 15 is 0 Å². The van der Waals surface area contributed by atoms with Crippen LogP contribution < -0.4 is 0 Å². The number of hydrogen-bond donors (Lipinski definition) is 1. The molecule has 4 nitrogen and oxygen atoms in total. The lowest BCUT2D eigenvalue weighted by Crippen LogP contribution is -2.02. The van der Waals surface area contributed by atoms with Gasteiger partial charge in [0.1, 0.15) is 5.65 Å². The molecule has 2 aromatic heterocycles. The number of rotatable bonds is 2. The lowest BCUT2D eigenvalue weighted by molar-refractivity contribution is 0.596. The topological polar surface area (TPSA) is 62.8 Å². The van der Waals surface area contributed by atoms with Gasteiger partial charge < -0.3 is 4.98 Å². The predicted molar refractivity (Wildman–Crippen MR) is 71.6 cm³/mol. The quantitative estimate of drug-likeness (QED) is 0.779. The van der Waals surface area contributed by atoms with Gasteiger partial charge in [-0.2, -0.15) is 0 Å². The summed E-state index contributed by atoms with van der Waals surface area (Å²) in [5.74, 6) is 0. The second kappa shape index (κ2) is 4.20. The Kier molecular flexibility index (Phi) is 2.64. The number of sulfone groups is 1. The number of fused-ring (bicyclic) bond motifs is 1. The van der Waals surface area contributed by atoms with Crippen molar-refractivity contribution < 1.29 is 8.42 Å². The van der Waals surface area contributed by atoms with Crippen molar-refractivity contribution in [2.24, 2.45) is 0 Å². The van der Waals surface area contributed by atoms with Crippen LogP contribution in [0.25, 0.3) is 11.0 Å². The molecular weight excluding hydrogens is 260 g/mol. The monoisotopic (exact) mass is 271 g/mol. The Morgan fingerprint density at radius 1 is 1.16 bits per heavy atom. The number of hydrogen-bond acceptors (Lipinski definition) is 3. The smallest absolute Gasteiger partial charge is 0.208 e. The van der Waals surface area contributed by atoms with E-state index in [1.54, 1.807) is 36.5 Å². The van der Waals surface area contributed by atoms with Crippen LogP contribution in [0, 0.1) is 13.0 Å². The Balaban J connectivity index is 2.15. The maximum Gasteiger partial charge on any atom is 0.208 e. The fourth-order valence-corrected chi connectivity index (χ4v) is 3.08. The number of nitrogens with zero attached hydrogens (tertiary/aromatic N) is 1. The van der Waals surface area contributed by atoms with E-state index < -0.39 is 9.84 Å². The molecule has 0 amide bonds. The number of pyridine rings is 1. The summed E-state index contributed by atoms with van der Waals surface area (Å²) in [4.78, 5) is 7.42. The molecule has 1 aromatic carbocycles. The van der Waals surface area contributed by atoms with E-state index in [0.29, 0.717) is 11.0 Å². The molecule has 0 fully saturated rings. The number of aryl methyl sites for hydroxylation is 1. The van der Waals surface area contributed by atoms with Crippen molar-refractivity contribution >= 4 is 20.9 Å². The van der Waals surface area contributed by atoms with Crippen molar-refractivity contribution in [3.63, 3.8) is 0 Å². The van der Waals surface area contributed by atoms with Crippen molar-refractivity contribution in [2.45, 2.75) is 16.7 Å². The van der Waals surface area contributed by atoms with Crippen LogP contribution in [-0.2, 0) is 9.84 Å². The molecule has 5 heteroatoms. The summed E-state index contributed by atoms with van der Waals surface area (Å²) in [6, 6.07) is 11.3. The molecule has 0 aliphatic heterocycles. The largest absolute Gasteiger partial charge is 0.346 e. The normalized spacial score (nSPS) is 11.8. The van der Waals surface area contributed by atoms with E-state index in [1.807, 2.05) is 6.92 Å². The third-order valence-corrected chi connectivity index (χ3v) is 4.68. The standard InChI is InChI=1S/C14H11N2O2S/c1-10-2-4-12(5-3-10)19(17,18)13-8-11-6-7-15-14(11)16-9-13/h2-5,7-9H,1H3,(H,15,16). The highest BCUT2D eigenvalue weighted by atomic mass is 32.2. The summed E-state index contributed by atoms with van der Waals surface area (Å²) in [7, 11) is -3.52.